The molecule has 3 rings (SSSR count). The predicted octanol–water partition coefficient (Wildman–Crippen LogP) is 1.54. The number of nitrogens with one attached hydrogen (secondary N) is 2. The van der Waals surface area contributed by atoms with Crippen LogP contribution in [0.15, 0.2) is 39.5 Å². The molecule has 0 atom stereocenters. The van der Waals surface area contributed by atoms with Crippen molar-refractivity contribution in [1.29, 1.82) is 0 Å². The van der Waals surface area contributed by atoms with E-state index in [0.29, 0.717) is 18.7 Å². The maximum absolute atomic E-state index is 12.5. The number of methoxy groups -OCH3 is 1. The molecule has 6 heteroatoms. The second kappa shape index (κ2) is 7.15. The molecule has 0 aliphatic carbocycles. The lowest BCUT2D eigenvalue weighted by atomic mass is 9.79. The van der Waals surface area contributed by atoms with E-state index in [-0.39, 0.29) is 11.0 Å². The molecule has 0 saturated carbocycles. The highest BCUT2D eigenvalue weighted by Crippen LogP contribution is 2.28. The summed E-state index contributed by atoms with van der Waals surface area (Å²) in [5.74, 6) is -0.400. The van der Waals surface area contributed by atoms with Gasteiger partial charge in [0.15, 0.2) is 0 Å². The van der Waals surface area contributed by atoms with Gasteiger partial charge in [-0.05, 0) is 38.1 Å². The van der Waals surface area contributed by atoms with E-state index in [0.717, 1.165) is 31.3 Å². The van der Waals surface area contributed by atoms with Gasteiger partial charge >= 0.3 is 5.63 Å². The number of carbonyl (C=O) groups excluding carboxylic acids is 1. The summed E-state index contributed by atoms with van der Waals surface area (Å²) < 4.78 is 10.6. The normalized spacial score (nSPS) is 16.9. The molecular formula is C18H22N2O4. The van der Waals surface area contributed by atoms with E-state index >= 15 is 0 Å². The zero-order valence-electron chi connectivity index (χ0n) is 13.8. The molecule has 1 saturated heterocycles. The molecule has 1 fully saturated rings. The lowest BCUT2D eigenvalue weighted by molar-refractivity contribution is 0.0511. The Morgan fingerprint density at radius 1 is 1.33 bits per heavy atom. The zero-order valence-corrected chi connectivity index (χ0v) is 13.8. The first kappa shape index (κ1) is 16.7. The van der Waals surface area contributed by atoms with Gasteiger partial charge in [-0.3, -0.25) is 4.79 Å². The summed E-state index contributed by atoms with van der Waals surface area (Å²) in [5, 5.41) is 6.94. The third-order valence-corrected chi connectivity index (χ3v) is 4.62. The number of hydrogen-bond acceptors (Lipinski definition) is 5. The van der Waals surface area contributed by atoms with Gasteiger partial charge in [0, 0.05) is 24.5 Å². The van der Waals surface area contributed by atoms with Crippen LogP contribution in [-0.4, -0.2) is 39.3 Å². The molecule has 1 aromatic heterocycles. The monoisotopic (exact) mass is 330 g/mol. The first-order valence-electron chi connectivity index (χ1n) is 8.14. The van der Waals surface area contributed by atoms with E-state index in [1.165, 1.54) is 0 Å². The average molecular weight is 330 g/mol. The van der Waals surface area contributed by atoms with Crippen LogP contribution in [0.4, 0.5) is 0 Å². The number of rotatable bonds is 5. The molecule has 2 aromatic rings. The molecular weight excluding hydrogens is 308 g/mol. The van der Waals surface area contributed by atoms with Gasteiger partial charge in [0.2, 0.25) is 0 Å². The zero-order chi connectivity index (χ0) is 17.0. The first-order chi connectivity index (χ1) is 11.6. The Bertz CT molecular complexity index is 772. The van der Waals surface area contributed by atoms with Gasteiger partial charge in [0.25, 0.3) is 5.91 Å². The SMILES string of the molecule is COCC1(CNC(=O)c2cc3ccccc3oc2=O)CCNCC1. The number of ether oxygens (including phenoxy) is 1. The molecule has 1 amide bonds. The van der Waals surface area contributed by atoms with Gasteiger partial charge in [-0.25, -0.2) is 4.79 Å². The lowest BCUT2D eigenvalue weighted by Gasteiger charge is -2.37. The fraction of sp³-hybridized carbons (Fsp3) is 0.444. The largest absolute Gasteiger partial charge is 0.422 e. The molecule has 2 N–H and O–H groups in total. The average Bonchev–Trinajstić information content (AvgIpc) is 2.60. The molecule has 128 valence electrons. The highest BCUT2D eigenvalue weighted by molar-refractivity contribution is 5.96. The molecule has 24 heavy (non-hydrogen) atoms. The van der Waals surface area contributed by atoms with Gasteiger partial charge in [-0.1, -0.05) is 18.2 Å². The lowest BCUT2D eigenvalue weighted by Crippen LogP contribution is -2.47. The van der Waals surface area contributed by atoms with E-state index < -0.39 is 11.5 Å². The summed E-state index contributed by atoms with van der Waals surface area (Å²) in [6.07, 6.45) is 1.85. The van der Waals surface area contributed by atoms with Crippen LogP contribution < -0.4 is 16.3 Å². The van der Waals surface area contributed by atoms with Crippen molar-refractivity contribution < 1.29 is 13.9 Å². The van der Waals surface area contributed by atoms with E-state index in [4.69, 9.17) is 9.15 Å². The van der Waals surface area contributed by atoms with Crippen molar-refractivity contribution in [1.82, 2.24) is 10.6 Å². The minimum absolute atomic E-state index is 0.0372. The number of hydrogen-bond donors (Lipinski definition) is 2. The third kappa shape index (κ3) is 3.49. The van der Waals surface area contributed by atoms with Crippen molar-refractivity contribution in [3.8, 4) is 0 Å². The highest BCUT2D eigenvalue weighted by Gasteiger charge is 2.32. The predicted molar refractivity (Wildman–Crippen MR) is 91.2 cm³/mol. The Morgan fingerprint density at radius 3 is 2.83 bits per heavy atom. The summed E-state index contributed by atoms with van der Waals surface area (Å²) >= 11 is 0. The van der Waals surface area contributed by atoms with Crippen LogP contribution in [0, 0.1) is 5.41 Å². The van der Waals surface area contributed by atoms with E-state index in [9.17, 15) is 9.59 Å². The van der Waals surface area contributed by atoms with Gasteiger partial charge in [-0.15, -0.1) is 0 Å². The molecule has 2 heterocycles. The number of benzene rings is 1. The molecule has 1 aromatic carbocycles. The number of carbonyl (C=O) groups is 1. The number of piperidine rings is 1. The smallest absolute Gasteiger partial charge is 0.349 e. The first-order valence-corrected chi connectivity index (χ1v) is 8.14. The second-order valence-corrected chi connectivity index (χ2v) is 6.35. The Kier molecular flexibility index (Phi) is 4.97. The summed E-state index contributed by atoms with van der Waals surface area (Å²) in [4.78, 5) is 24.5. The standard InChI is InChI=1S/C18H22N2O4/c1-23-12-18(6-8-19-9-7-18)11-20-16(21)14-10-13-4-2-3-5-15(13)24-17(14)22/h2-5,10,19H,6-9,11-12H2,1H3,(H,20,21). The molecule has 0 radical (unpaired) electrons. The van der Waals surface area contributed by atoms with Gasteiger partial charge in [0.05, 0.1) is 6.61 Å². The molecule has 0 spiro atoms. The number of fused-ring (bicyclic) bond motifs is 1. The van der Waals surface area contributed by atoms with Gasteiger partial charge < -0.3 is 19.8 Å². The number of para-hydroxylation sites is 1. The van der Waals surface area contributed by atoms with Crippen LogP contribution in [-0.2, 0) is 4.74 Å². The molecule has 0 unspecified atom stereocenters. The summed E-state index contributed by atoms with van der Waals surface area (Å²) in [5.41, 5.74) is -0.187. The van der Waals surface area contributed by atoms with E-state index in [2.05, 4.69) is 10.6 Å². The summed E-state index contributed by atoms with van der Waals surface area (Å²) in [7, 11) is 1.67. The van der Waals surface area contributed by atoms with Crippen molar-refractivity contribution >= 4 is 16.9 Å². The van der Waals surface area contributed by atoms with Crippen LogP contribution in [0.5, 0.6) is 0 Å². The molecule has 0 bridgehead atoms. The Morgan fingerprint density at radius 2 is 2.08 bits per heavy atom. The van der Waals surface area contributed by atoms with E-state index in [1.807, 2.05) is 12.1 Å². The Balaban J connectivity index is 1.77. The topological polar surface area (TPSA) is 80.6 Å². The molecule has 1 aliphatic heterocycles. The van der Waals surface area contributed by atoms with Crippen molar-refractivity contribution in [3.63, 3.8) is 0 Å². The van der Waals surface area contributed by atoms with Crippen LogP contribution in [0.25, 0.3) is 11.0 Å². The molecule has 1 aliphatic rings. The van der Waals surface area contributed by atoms with Crippen molar-refractivity contribution in [2.24, 2.45) is 5.41 Å². The van der Waals surface area contributed by atoms with Crippen LogP contribution in [0.2, 0.25) is 0 Å². The maximum atomic E-state index is 12.5. The van der Waals surface area contributed by atoms with Crippen molar-refractivity contribution in [2.75, 3.05) is 33.4 Å². The van der Waals surface area contributed by atoms with Gasteiger partial charge in [0.1, 0.15) is 11.1 Å². The van der Waals surface area contributed by atoms with Crippen LogP contribution in [0.3, 0.4) is 0 Å². The van der Waals surface area contributed by atoms with Crippen molar-refractivity contribution in [3.05, 3.63) is 46.3 Å². The Labute approximate surface area is 140 Å². The molecule has 6 nitrogen and oxygen atoms in total. The third-order valence-electron chi connectivity index (χ3n) is 4.62. The minimum Gasteiger partial charge on any atom is -0.422 e. The van der Waals surface area contributed by atoms with Crippen molar-refractivity contribution in [2.45, 2.75) is 12.8 Å². The van der Waals surface area contributed by atoms with Crippen LogP contribution in [0.1, 0.15) is 23.2 Å². The fourth-order valence-electron chi connectivity index (χ4n) is 3.22. The van der Waals surface area contributed by atoms with Crippen LogP contribution >= 0.6 is 0 Å². The maximum Gasteiger partial charge on any atom is 0.349 e. The fourth-order valence-corrected chi connectivity index (χ4v) is 3.22. The second-order valence-electron chi connectivity index (χ2n) is 6.35. The minimum atomic E-state index is -0.614. The van der Waals surface area contributed by atoms with Gasteiger partial charge in [-0.2, -0.15) is 0 Å². The number of amides is 1. The summed E-state index contributed by atoms with van der Waals surface area (Å²) in [6.45, 7) is 2.86. The Hall–Kier alpha value is -2.18. The quantitative estimate of drug-likeness (QED) is 0.813. The summed E-state index contributed by atoms with van der Waals surface area (Å²) in [6, 6.07) is 8.74. The highest BCUT2D eigenvalue weighted by atomic mass is 16.5. The van der Waals surface area contributed by atoms with E-state index in [1.54, 1.807) is 25.3 Å².